The molecule has 0 aromatic heterocycles. The molecule has 0 radical (unpaired) electrons. The molecule has 1 N–H and O–H groups in total. The second-order valence-corrected chi connectivity index (χ2v) is 6.97. The molecule has 146 valence electrons. The number of benzene rings is 2. The third-order valence-corrected chi connectivity index (χ3v) is 4.79. The van der Waals surface area contributed by atoms with Crippen LogP contribution in [0.2, 0.25) is 0 Å². The molecule has 1 aliphatic rings. The zero-order valence-corrected chi connectivity index (χ0v) is 16.1. The van der Waals surface area contributed by atoms with Crippen molar-refractivity contribution in [2.45, 2.75) is 39.3 Å². The number of carbonyl (C=O) groups excluding carboxylic acids is 3. The Labute approximate surface area is 164 Å². The van der Waals surface area contributed by atoms with E-state index in [0.29, 0.717) is 24.2 Å². The lowest BCUT2D eigenvalue weighted by molar-refractivity contribution is -0.128. The van der Waals surface area contributed by atoms with E-state index in [2.05, 4.69) is 5.32 Å². The zero-order chi connectivity index (χ0) is 20.1. The topological polar surface area (TPSA) is 75.7 Å². The van der Waals surface area contributed by atoms with Crippen molar-refractivity contribution in [1.29, 1.82) is 0 Å². The molecule has 2 aromatic carbocycles. The van der Waals surface area contributed by atoms with Crippen molar-refractivity contribution in [2.75, 3.05) is 11.9 Å². The first-order valence-electron chi connectivity index (χ1n) is 9.38. The molecule has 6 nitrogen and oxygen atoms in total. The number of ether oxygens (including phenoxy) is 1. The lowest BCUT2D eigenvalue weighted by atomic mass is 10.1. The third kappa shape index (κ3) is 4.76. The van der Waals surface area contributed by atoms with Crippen LogP contribution in [0.4, 0.5) is 5.69 Å². The van der Waals surface area contributed by atoms with Crippen LogP contribution in [0.15, 0.2) is 48.5 Å². The Morgan fingerprint density at radius 3 is 2.50 bits per heavy atom. The molecule has 1 saturated heterocycles. The molecule has 1 heterocycles. The van der Waals surface area contributed by atoms with Gasteiger partial charge in [0.2, 0.25) is 5.91 Å². The van der Waals surface area contributed by atoms with Crippen LogP contribution in [0.1, 0.15) is 41.3 Å². The van der Waals surface area contributed by atoms with Gasteiger partial charge in [-0.15, -0.1) is 0 Å². The average molecular weight is 380 g/mol. The van der Waals surface area contributed by atoms with Crippen LogP contribution in [-0.2, 0) is 20.9 Å². The number of nitrogens with zero attached hydrogens (tertiary/aromatic N) is 1. The fourth-order valence-corrected chi connectivity index (χ4v) is 3.07. The summed E-state index contributed by atoms with van der Waals surface area (Å²) < 4.78 is 5.29. The van der Waals surface area contributed by atoms with Crippen LogP contribution in [0.3, 0.4) is 0 Å². The standard InChI is InChI=1S/C22H24N2O4/c1-15-6-3-4-7-19(15)23-21(26)16(2)28-22(27)18-11-9-17(10-12-18)14-24-13-5-8-20(24)25/h3-4,6-7,9-12,16H,5,8,13-14H2,1-2H3,(H,23,26). The molecule has 0 spiro atoms. The number of carbonyl (C=O) groups is 3. The normalized spacial score (nSPS) is 14.6. The minimum Gasteiger partial charge on any atom is -0.449 e. The van der Waals surface area contributed by atoms with Crippen molar-refractivity contribution < 1.29 is 19.1 Å². The van der Waals surface area contributed by atoms with Gasteiger partial charge in [-0.05, 0) is 49.6 Å². The maximum atomic E-state index is 12.3. The highest BCUT2D eigenvalue weighted by atomic mass is 16.5. The Balaban J connectivity index is 1.55. The van der Waals surface area contributed by atoms with Crippen LogP contribution in [-0.4, -0.2) is 35.3 Å². The number of hydrogen-bond donors (Lipinski definition) is 1. The largest absolute Gasteiger partial charge is 0.449 e. The molecule has 3 rings (SSSR count). The molecule has 1 aliphatic heterocycles. The quantitative estimate of drug-likeness (QED) is 0.780. The van der Waals surface area contributed by atoms with Crippen molar-refractivity contribution >= 4 is 23.5 Å². The van der Waals surface area contributed by atoms with E-state index in [1.807, 2.05) is 30.0 Å². The number of nitrogens with one attached hydrogen (secondary N) is 1. The molecule has 0 saturated carbocycles. The lowest BCUT2D eigenvalue weighted by Crippen LogP contribution is -2.30. The summed E-state index contributed by atoms with van der Waals surface area (Å²) in [5.74, 6) is -0.778. The summed E-state index contributed by atoms with van der Waals surface area (Å²) in [6.07, 6.45) is 0.576. The van der Waals surface area contributed by atoms with Crippen molar-refractivity contribution in [3.63, 3.8) is 0 Å². The first-order chi connectivity index (χ1) is 13.4. The van der Waals surface area contributed by atoms with E-state index in [4.69, 9.17) is 4.74 Å². The second kappa shape index (κ2) is 8.69. The first-order valence-corrected chi connectivity index (χ1v) is 9.38. The van der Waals surface area contributed by atoms with E-state index in [1.54, 1.807) is 37.3 Å². The van der Waals surface area contributed by atoms with E-state index >= 15 is 0 Å². The summed E-state index contributed by atoms with van der Waals surface area (Å²) in [6, 6.07) is 14.3. The van der Waals surface area contributed by atoms with Gasteiger partial charge >= 0.3 is 5.97 Å². The monoisotopic (exact) mass is 380 g/mol. The first kappa shape index (κ1) is 19.6. The highest BCUT2D eigenvalue weighted by molar-refractivity contribution is 5.97. The molecule has 6 heteroatoms. The van der Waals surface area contributed by atoms with Gasteiger partial charge in [0.25, 0.3) is 5.91 Å². The second-order valence-electron chi connectivity index (χ2n) is 6.97. The zero-order valence-electron chi connectivity index (χ0n) is 16.1. The molecule has 2 amide bonds. The SMILES string of the molecule is Cc1ccccc1NC(=O)C(C)OC(=O)c1ccc(CN2CCCC2=O)cc1. The maximum Gasteiger partial charge on any atom is 0.338 e. The molecule has 28 heavy (non-hydrogen) atoms. The number of anilines is 1. The molecular formula is C22H24N2O4. The Hall–Kier alpha value is -3.15. The number of hydrogen-bond acceptors (Lipinski definition) is 4. The average Bonchev–Trinajstić information content (AvgIpc) is 3.08. The molecule has 2 aromatic rings. The fourth-order valence-electron chi connectivity index (χ4n) is 3.07. The van der Waals surface area contributed by atoms with Crippen molar-refractivity contribution in [2.24, 2.45) is 0 Å². The van der Waals surface area contributed by atoms with Gasteiger partial charge in [0, 0.05) is 25.2 Å². The predicted octanol–water partition coefficient (Wildman–Crippen LogP) is 3.30. The third-order valence-electron chi connectivity index (χ3n) is 4.79. The van der Waals surface area contributed by atoms with E-state index in [1.165, 1.54) is 0 Å². The Morgan fingerprint density at radius 1 is 1.14 bits per heavy atom. The van der Waals surface area contributed by atoms with Gasteiger partial charge in [0.1, 0.15) is 0 Å². The molecule has 1 unspecified atom stereocenters. The lowest BCUT2D eigenvalue weighted by Gasteiger charge is -2.16. The number of likely N-dealkylation sites (tertiary alicyclic amines) is 1. The van der Waals surface area contributed by atoms with E-state index in [0.717, 1.165) is 24.1 Å². The van der Waals surface area contributed by atoms with Gasteiger partial charge in [-0.25, -0.2) is 4.79 Å². The van der Waals surface area contributed by atoms with E-state index < -0.39 is 12.1 Å². The summed E-state index contributed by atoms with van der Waals surface area (Å²) in [6.45, 7) is 4.75. The van der Waals surface area contributed by atoms with Crippen LogP contribution < -0.4 is 5.32 Å². The summed E-state index contributed by atoms with van der Waals surface area (Å²) in [4.78, 5) is 38.1. The number of para-hydroxylation sites is 1. The molecule has 1 atom stereocenters. The van der Waals surface area contributed by atoms with E-state index in [9.17, 15) is 14.4 Å². The highest BCUT2D eigenvalue weighted by Gasteiger charge is 2.21. The number of amides is 2. The van der Waals surface area contributed by atoms with Gasteiger partial charge in [-0.2, -0.15) is 0 Å². The van der Waals surface area contributed by atoms with Crippen molar-refractivity contribution in [3.05, 3.63) is 65.2 Å². The molecular weight excluding hydrogens is 356 g/mol. The Bertz CT molecular complexity index is 876. The number of rotatable bonds is 6. The van der Waals surface area contributed by atoms with Crippen LogP contribution in [0.5, 0.6) is 0 Å². The summed E-state index contributed by atoms with van der Waals surface area (Å²) in [5, 5.41) is 2.77. The van der Waals surface area contributed by atoms with Gasteiger partial charge in [0.15, 0.2) is 6.10 Å². The fraction of sp³-hybridized carbons (Fsp3) is 0.318. The molecule has 0 bridgehead atoms. The molecule has 0 aliphatic carbocycles. The number of aryl methyl sites for hydroxylation is 1. The maximum absolute atomic E-state index is 12.3. The smallest absolute Gasteiger partial charge is 0.338 e. The van der Waals surface area contributed by atoms with Crippen molar-refractivity contribution in [3.8, 4) is 0 Å². The van der Waals surface area contributed by atoms with Gasteiger partial charge in [-0.3, -0.25) is 9.59 Å². The summed E-state index contributed by atoms with van der Waals surface area (Å²) in [7, 11) is 0. The van der Waals surface area contributed by atoms with Crippen molar-refractivity contribution in [1.82, 2.24) is 4.90 Å². The van der Waals surface area contributed by atoms with Gasteiger partial charge < -0.3 is 15.0 Å². The van der Waals surface area contributed by atoms with Gasteiger partial charge in [-0.1, -0.05) is 30.3 Å². The Kier molecular flexibility index (Phi) is 6.09. The number of esters is 1. The predicted molar refractivity (Wildman–Crippen MR) is 106 cm³/mol. The van der Waals surface area contributed by atoms with Crippen LogP contribution in [0, 0.1) is 6.92 Å². The van der Waals surface area contributed by atoms with Gasteiger partial charge in [0.05, 0.1) is 5.56 Å². The van der Waals surface area contributed by atoms with Crippen LogP contribution >= 0.6 is 0 Å². The summed E-state index contributed by atoms with van der Waals surface area (Å²) in [5.41, 5.74) is 2.95. The summed E-state index contributed by atoms with van der Waals surface area (Å²) >= 11 is 0. The van der Waals surface area contributed by atoms with E-state index in [-0.39, 0.29) is 11.8 Å². The van der Waals surface area contributed by atoms with Crippen LogP contribution in [0.25, 0.3) is 0 Å². The minimum atomic E-state index is -0.922. The highest BCUT2D eigenvalue weighted by Crippen LogP contribution is 2.16. The minimum absolute atomic E-state index is 0.164. The Morgan fingerprint density at radius 2 is 1.86 bits per heavy atom. The molecule has 1 fully saturated rings.